The molecule has 2 rings (SSSR count). The van der Waals surface area contributed by atoms with E-state index in [1.54, 1.807) is 6.92 Å². The van der Waals surface area contributed by atoms with Crippen LogP contribution in [0.2, 0.25) is 0 Å². The van der Waals surface area contributed by atoms with Crippen LogP contribution in [0.1, 0.15) is 13.3 Å². The molecule has 2 heterocycles. The molecule has 0 radical (unpaired) electrons. The Hall–Kier alpha value is -0.730. The number of carbonyl (C=O) groups excluding carboxylic acids is 1. The fraction of sp³-hybridized carbons (Fsp3) is 0.900. The number of carbonyl (C=O) groups is 1. The van der Waals surface area contributed by atoms with Gasteiger partial charge in [0, 0.05) is 0 Å². The maximum Gasteiger partial charge on any atom is 0.310 e. The van der Waals surface area contributed by atoms with Crippen LogP contribution in [0, 0.1) is 0 Å². The van der Waals surface area contributed by atoms with E-state index in [4.69, 9.17) is 18.9 Å². The fourth-order valence-corrected chi connectivity index (χ4v) is 1.90. The number of esters is 1. The van der Waals surface area contributed by atoms with Gasteiger partial charge in [-0.3, -0.25) is 4.79 Å². The SMILES string of the molecule is CCOC(=O)CC1OCC2OC(O)C(O)C2O1. The van der Waals surface area contributed by atoms with Gasteiger partial charge in [0.2, 0.25) is 0 Å². The lowest BCUT2D eigenvalue weighted by Crippen LogP contribution is -2.46. The lowest BCUT2D eigenvalue weighted by atomic mass is 10.1. The number of aliphatic hydroxyl groups is 2. The van der Waals surface area contributed by atoms with Gasteiger partial charge in [-0.15, -0.1) is 0 Å². The summed E-state index contributed by atoms with van der Waals surface area (Å²) in [5.74, 6) is -0.426. The van der Waals surface area contributed by atoms with Crippen molar-refractivity contribution in [3.63, 3.8) is 0 Å². The third-order valence-corrected chi connectivity index (χ3v) is 2.70. The molecule has 2 aliphatic rings. The smallest absolute Gasteiger partial charge is 0.310 e. The molecule has 0 aromatic heterocycles. The summed E-state index contributed by atoms with van der Waals surface area (Å²) in [6.07, 6.45) is -4.36. The first-order valence-corrected chi connectivity index (χ1v) is 5.56. The number of hydrogen-bond donors (Lipinski definition) is 2. The van der Waals surface area contributed by atoms with Crippen LogP contribution >= 0.6 is 0 Å². The molecule has 0 aromatic rings. The molecule has 2 N–H and O–H groups in total. The van der Waals surface area contributed by atoms with E-state index in [2.05, 4.69) is 0 Å². The van der Waals surface area contributed by atoms with Crippen LogP contribution < -0.4 is 0 Å². The predicted octanol–water partition coefficient (Wildman–Crippen LogP) is -1.24. The van der Waals surface area contributed by atoms with Crippen LogP contribution in [0.15, 0.2) is 0 Å². The molecule has 5 unspecified atom stereocenters. The minimum Gasteiger partial charge on any atom is -0.466 e. The zero-order valence-electron chi connectivity index (χ0n) is 9.44. The molecule has 0 aliphatic carbocycles. The van der Waals surface area contributed by atoms with E-state index in [1.807, 2.05) is 0 Å². The molecule has 7 nitrogen and oxygen atoms in total. The number of hydrogen-bond acceptors (Lipinski definition) is 7. The highest BCUT2D eigenvalue weighted by atomic mass is 16.7. The van der Waals surface area contributed by atoms with Crippen LogP contribution in [0.4, 0.5) is 0 Å². The Morgan fingerprint density at radius 3 is 2.88 bits per heavy atom. The highest BCUT2D eigenvalue weighted by molar-refractivity contribution is 5.69. The van der Waals surface area contributed by atoms with Crippen molar-refractivity contribution in [2.45, 2.75) is 44.2 Å². The van der Waals surface area contributed by atoms with Crippen molar-refractivity contribution in [2.24, 2.45) is 0 Å². The molecule has 2 fully saturated rings. The Labute approximate surface area is 98.2 Å². The van der Waals surface area contributed by atoms with Crippen LogP contribution in [0.25, 0.3) is 0 Å². The molecule has 2 saturated heterocycles. The van der Waals surface area contributed by atoms with Gasteiger partial charge in [-0.25, -0.2) is 0 Å². The summed E-state index contributed by atoms with van der Waals surface area (Å²) in [6.45, 7) is 2.17. The monoisotopic (exact) mass is 248 g/mol. The van der Waals surface area contributed by atoms with E-state index in [0.29, 0.717) is 6.61 Å². The molecule has 2 aliphatic heterocycles. The van der Waals surface area contributed by atoms with Gasteiger partial charge in [-0.1, -0.05) is 0 Å². The molecule has 5 atom stereocenters. The van der Waals surface area contributed by atoms with Crippen molar-refractivity contribution in [3.8, 4) is 0 Å². The lowest BCUT2D eigenvalue weighted by Gasteiger charge is -2.31. The summed E-state index contributed by atoms with van der Waals surface area (Å²) in [5, 5.41) is 18.9. The van der Waals surface area contributed by atoms with E-state index >= 15 is 0 Å². The second-order valence-electron chi connectivity index (χ2n) is 3.93. The number of aliphatic hydroxyl groups excluding tert-OH is 2. The van der Waals surface area contributed by atoms with E-state index in [9.17, 15) is 15.0 Å². The Morgan fingerprint density at radius 1 is 1.41 bits per heavy atom. The quantitative estimate of drug-likeness (QED) is 0.603. The highest BCUT2D eigenvalue weighted by Crippen LogP contribution is 2.28. The van der Waals surface area contributed by atoms with Crippen molar-refractivity contribution in [1.82, 2.24) is 0 Å². The maximum absolute atomic E-state index is 11.2. The van der Waals surface area contributed by atoms with Gasteiger partial charge in [0.1, 0.15) is 18.3 Å². The highest BCUT2D eigenvalue weighted by Gasteiger charge is 2.48. The third kappa shape index (κ3) is 2.75. The average Bonchev–Trinajstić information content (AvgIpc) is 2.56. The van der Waals surface area contributed by atoms with Crippen LogP contribution in [0.5, 0.6) is 0 Å². The van der Waals surface area contributed by atoms with Gasteiger partial charge in [0.25, 0.3) is 0 Å². The van der Waals surface area contributed by atoms with Crippen molar-refractivity contribution in [2.75, 3.05) is 13.2 Å². The van der Waals surface area contributed by atoms with Gasteiger partial charge in [0.05, 0.1) is 19.6 Å². The molecule has 0 saturated carbocycles. The Morgan fingerprint density at radius 2 is 2.18 bits per heavy atom. The third-order valence-electron chi connectivity index (χ3n) is 2.70. The normalized spacial score (nSPS) is 41.0. The standard InChI is InChI=1S/C10H16O7/c1-2-14-6(11)3-7-15-4-5-9(17-7)8(12)10(13)16-5/h5,7-10,12-13H,2-4H2,1H3. The first-order chi connectivity index (χ1) is 8.11. The summed E-state index contributed by atoms with van der Waals surface area (Å²) >= 11 is 0. The molecule has 17 heavy (non-hydrogen) atoms. The van der Waals surface area contributed by atoms with Gasteiger partial charge >= 0.3 is 5.97 Å². The van der Waals surface area contributed by atoms with Crippen LogP contribution in [-0.4, -0.2) is 60.3 Å². The number of fused-ring (bicyclic) bond motifs is 1. The molecule has 98 valence electrons. The summed E-state index contributed by atoms with van der Waals surface area (Å²) < 4.78 is 20.4. The summed E-state index contributed by atoms with van der Waals surface area (Å²) in [7, 11) is 0. The largest absolute Gasteiger partial charge is 0.466 e. The number of ether oxygens (including phenoxy) is 4. The zero-order valence-corrected chi connectivity index (χ0v) is 9.44. The van der Waals surface area contributed by atoms with E-state index < -0.39 is 36.9 Å². The van der Waals surface area contributed by atoms with Gasteiger partial charge in [-0.2, -0.15) is 0 Å². The maximum atomic E-state index is 11.2. The summed E-state index contributed by atoms with van der Waals surface area (Å²) in [6, 6.07) is 0. The molecule has 0 aromatic carbocycles. The second kappa shape index (κ2) is 5.28. The molecule has 7 heteroatoms. The predicted molar refractivity (Wildman–Crippen MR) is 52.7 cm³/mol. The molecule has 0 amide bonds. The van der Waals surface area contributed by atoms with Gasteiger partial charge in [-0.05, 0) is 6.92 Å². The van der Waals surface area contributed by atoms with Crippen molar-refractivity contribution in [3.05, 3.63) is 0 Å². The fourth-order valence-electron chi connectivity index (χ4n) is 1.90. The van der Waals surface area contributed by atoms with Gasteiger partial charge in [0.15, 0.2) is 12.6 Å². The minimum atomic E-state index is -1.27. The van der Waals surface area contributed by atoms with Crippen molar-refractivity contribution < 1.29 is 34.0 Å². The summed E-state index contributed by atoms with van der Waals surface area (Å²) in [5.41, 5.74) is 0. The second-order valence-corrected chi connectivity index (χ2v) is 3.93. The van der Waals surface area contributed by atoms with Gasteiger partial charge < -0.3 is 29.2 Å². The first-order valence-electron chi connectivity index (χ1n) is 5.56. The van der Waals surface area contributed by atoms with Crippen molar-refractivity contribution in [1.29, 1.82) is 0 Å². The lowest BCUT2D eigenvalue weighted by molar-refractivity contribution is -0.251. The van der Waals surface area contributed by atoms with E-state index in [0.717, 1.165) is 0 Å². The molecule has 0 bridgehead atoms. The minimum absolute atomic E-state index is 0.0418. The number of rotatable bonds is 3. The average molecular weight is 248 g/mol. The summed E-state index contributed by atoms with van der Waals surface area (Å²) in [4.78, 5) is 11.2. The Kier molecular flexibility index (Phi) is 3.95. The topological polar surface area (TPSA) is 94.5 Å². The van der Waals surface area contributed by atoms with Crippen LogP contribution in [-0.2, 0) is 23.7 Å². The molecular weight excluding hydrogens is 232 g/mol. The zero-order chi connectivity index (χ0) is 12.4. The molecule has 0 spiro atoms. The Balaban J connectivity index is 1.86. The Bertz CT molecular complexity index is 282. The van der Waals surface area contributed by atoms with Crippen molar-refractivity contribution >= 4 is 5.97 Å². The van der Waals surface area contributed by atoms with E-state index in [1.165, 1.54) is 0 Å². The molecular formula is C10H16O7. The van der Waals surface area contributed by atoms with E-state index in [-0.39, 0.29) is 13.0 Å². The first kappa shape index (κ1) is 12.7. The van der Waals surface area contributed by atoms with Crippen LogP contribution in [0.3, 0.4) is 0 Å².